The summed E-state index contributed by atoms with van der Waals surface area (Å²) in [5.74, 6) is 5.89. The van der Waals surface area contributed by atoms with Gasteiger partial charge in [0.15, 0.2) is 0 Å². The highest BCUT2D eigenvalue weighted by atomic mass is 32.1. The lowest BCUT2D eigenvalue weighted by atomic mass is 10.0. The highest BCUT2D eigenvalue weighted by Gasteiger charge is 2.32. The number of anilines is 2. The predicted molar refractivity (Wildman–Crippen MR) is 154 cm³/mol. The van der Waals surface area contributed by atoms with Crippen LogP contribution in [-0.4, -0.2) is 70.2 Å². The van der Waals surface area contributed by atoms with E-state index >= 15 is 0 Å². The third-order valence-electron chi connectivity index (χ3n) is 6.65. The van der Waals surface area contributed by atoms with Crippen molar-refractivity contribution in [3.8, 4) is 17.6 Å². The summed E-state index contributed by atoms with van der Waals surface area (Å²) in [5.41, 5.74) is 1.09. The van der Waals surface area contributed by atoms with E-state index in [1.54, 1.807) is 43.7 Å². The molecule has 0 radical (unpaired) electrons. The van der Waals surface area contributed by atoms with Crippen molar-refractivity contribution in [1.29, 1.82) is 0 Å². The fraction of sp³-hybridized carbons (Fsp3) is 0.429. The molecule has 2 N–H and O–H groups in total. The van der Waals surface area contributed by atoms with E-state index in [4.69, 9.17) is 4.74 Å². The normalized spacial score (nSPS) is 18.3. The quantitative estimate of drug-likeness (QED) is 0.177. The summed E-state index contributed by atoms with van der Waals surface area (Å²) < 4.78 is 86.2. The topological polar surface area (TPSA) is 53.6 Å². The molecule has 40 heavy (non-hydrogen) atoms. The second-order valence-electron chi connectivity index (χ2n) is 10.1. The lowest BCUT2D eigenvalue weighted by Gasteiger charge is -2.33. The van der Waals surface area contributed by atoms with E-state index in [0.29, 0.717) is 33.2 Å². The predicted octanol–water partition coefficient (Wildman–Crippen LogP) is 6.48. The third-order valence-corrected chi connectivity index (χ3v) is 9.37. The maximum absolute atomic E-state index is 14.7. The van der Waals surface area contributed by atoms with E-state index in [1.807, 2.05) is 11.9 Å². The molecule has 2 aromatic carbocycles. The van der Waals surface area contributed by atoms with Gasteiger partial charge in [0.25, 0.3) is 0 Å². The first kappa shape index (κ1) is 30.2. The molecule has 216 valence electrons. The molecule has 1 fully saturated rings. The molecular formula is C28H31F5N3O2PS. The van der Waals surface area contributed by atoms with Gasteiger partial charge in [-0.25, -0.2) is 8.78 Å². The van der Waals surface area contributed by atoms with Gasteiger partial charge in [0.1, 0.15) is 19.1 Å². The van der Waals surface area contributed by atoms with Crippen molar-refractivity contribution in [3.63, 3.8) is 0 Å². The standard InChI is InChI=1S/C28H31F5N3O2PS/c1-36-13-11-22(21(30)16-36)35-24-7-4-6-19-20(15-28(31,32)33)26(40-27(19)24)8-5-12-34-23-10-9-18(39(2,3)37)14-25(23)38-17-29/h4,6-7,9-10,14,21-22,34-35H,11-13,15-17H2,1-3H3/t21-,22-/m1/s1. The fourth-order valence-electron chi connectivity index (χ4n) is 4.61. The van der Waals surface area contributed by atoms with E-state index in [9.17, 15) is 26.5 Å². The van der Waals surface area contributed by atoms with Gasteiger partial charge >= 0.3 is 6.18 Å². The smallest absolute Gasteiger partial charge is 0.393 e. The monoisotopic (exact) mass is 599 g/mol. The summed E-state index contributed by atoms with van der Waals surface area (Å²) in [5, 5.41) is 7.18. The molecular weight excluding hydrogens is 568 g/mol. The second-order valence-corrected chi connectivity index (χ2v) is 14.4. The van der Waals surface area contributed by atoms with Crippen LogP contribution >= 0.6 is 18.5 Å². The van der Waals surface area contributed by atoms with Crippen molar-refractivity contribution in [2.24, 2.45) is 0 Å². The number of piperidine rings is 1. The molecule has 0 aliphatic carbocycles. The van der Waals surface area contributed by atoms with Crippen LogP contribution in [0.3, 0.4) is 0 Å². The Hall–Kier alpha value is -2.80. The number of hydrogen-bond acceptors (Lipinski definition) is 6. The zero-order valence-corrected chi connectivity index (χ0v) is 24.1. The highest BCUT2D eigenvalue weighted by molar-refractivity contribution is 7.70. The molecule has 1 aliphatic rings. The van der Waals surface area contributed by atoms with Crippen molar-refractivity contribution in [2.75, 3.05) is 57.5 Å². The molecule has 5 nitrogen and oxygen atoms in total. The van der Waals surface area contributed by atoms with Gasteiger partial charge in [-0.3, -0.25) is 0 Å². The fourth-order valence-corrected chi connectivity index (χ4v) is 6.65. The van der Waals surface area contributed by atoms with Gasteiger partial charge in [-0.15, -0.1) is 11.3 Å². The molecule has 1 saturated heterocycles. The number of benzene rings is 2. The Morgan fingerprint density at radius 2 is 1.98 bits per heavy atom. The van der Waals surface area contributed by atoms with Crippen molar-refractivity contribution < 1.29 is 31.3 Å². The average molecular weight is 600 g/mol. The van der Waals surface area contributed by atoms with Gasteiger partial charge < -0.3 is 24.8 Å². The summed E-state index contributed by atoms with van der Waals surface area (Å²) in [6.07, 6.45) is -6.10. The maximum Gasteiger partial charge on any atom is 0.393 e. The molecule has 0 bridgehead atoms. The van der Waals surface area contributed by atoms with Crippen molar-refractivity contribution in [3.05, 3.63) is 46.8 Å². The van der Waals surface area contributed by atoms with E-state index in [2.05, 4.69) is 22.5 Å². The van der Waals surface area contributed by atoms with Crippen LogP contribution in [0.5, 0.6) is 5.75 Å². The number of nitrogens with zero attached hydrogens (tertiary/aromatic N) is 1. The number of fused-ring (bicyclic) bond motifs is 1. The van der Waals surface area contributed by atoms with Gasteiger partial charge in [-0.1, -0.05) is 24.0 Å². The van der Waals surface area contributed by atoms with Crippen LogP contribution in [0.15, 0.2) is 36.4 Å². The van der Waals surface area contributed by atoms with E-state index in [1.165, 1.54) is 6.07 Å². The molecule has 3 aromatic rings. The Balaban J connectivity index is 1.60. The van der Waals surface area contributed by atoms with E-state index in [-0.39, 0.29) is 29.3 Å². The van der Waals surface area contributed by atoms with Gasteiger partial charge in [-0.05, 0) is 62.0 Å². The SMILES string of the molecule is CN1CC[C@@H](Nc2cccc3c(CC(F)(F)F)c(C#CCNc4ccc(P(C)(C)=O)cc4OCF)sc23)[C@H](F)C1. The van der Waals surface area contributed by atoms with Gasteiger partial charge in [0, 0.05) is 18.4 Å². The summed E-state index contributed by atoms with van der Waals surface area (Å²) >= 11 is 1.14. The number of thiophene rings is 1. The van der Waals surface area contributed by atoms with Gasteiger partial charge in [0.2, 0.25) is 6.86 Å². The van der Waals surface area contributed by atoms with Gasteiger partial charge in [0.05, 0.1) is 40.0 Å². The Morgan fingerprint density at radius 3 is 2.65 bits per heavy atom. The Kier molecular flexibility index (Phi) is 9.33. The number of ether oxygens (including phenoxy) is 1. The van der Waals surface area contributed by atoms with Crippen LogP contribution in [0.2, 0.25) is 0 Å². The molecule has 0 unspecified atom stereocenters. The van der Waals surface area contributed by atoms with Gasteiger partial charge in [-0.2, -0.15) is 13.2 Å². The summed E-state index contributed by atoms with van der Waals surface area (Å²) in [6, 6.07) is 9.37. The number of likely N-dealkylation sites (tertiary alicyclic amines) is 1. The molecule has 12 heteroatoms. The van der Waals surface area contributed by atoms with Crippen molar-refractivity contribution in [2.45, 2.75) is 31.2 Å². The average Bonchev–Trinajstić information content (AvgIpc) is 3.20. The van der Waals surface area contributed by atoms with E-state index < -0.39 is 38.8 Å². The van der Waals surface area contributed by atoms with Crippen LogP contribution in [0.1, 0.15) is 16.9 Å². The Labute approximate surface area is 234 Å². The summed E-state index contributed by atoms with van der Waals surface area (Å²) in [4.78, 5) is 2.18. The van der Waals surface area contributed by atoms with Crippen molar-refractivity contribution >= 4 is 45.2 Å². The van der Waals surface area contributed by atoms with Crippen LogP contribution in [0.25, 0.3) is 10.1 Å². The molecule has 1 aromatic heterocycles. The maximum atomic E-state index is 14.7. The Morgan fingerprint density at radius 1 is 1.20 bits per heavy atom. The molecule has 2 atom stereocenters. The van der Waals surface area contributed by atoms with E-state index in [0.717, 1.165) is 17.9 Å². The lowest BCUT2D eigenvalue weighted by Crippen LogP contribution is -2.46. The minimum absolute atomic E-state index is 0.0435. The molecule has 0 amide bonds. The molecule has 0 saturated carbocycles. The minimum Gasteiger partial charge on any atom is -0.461 e. The molecule has 0 spiro atoms. The van der Waals surface area contributed by atoms with Crippen LogP contribution in [0.4, 0.5) is 33.3 Å². The lowest BCUT2D eigenvalue weighted by molar-refractivity contribution is -0.126. The number of hydrogen-bond donors (Lipinski definition) is 2. The molecule has 1 aliphatic heterocycles. The summed E-state index contributed by atoms with van der Waals surface area (Å²) in [7, 11) is -0.745. The first-order valence-electron chi connectivity index (χ1n) is 12.7. The second kappa shape index (κ2) is 12.4. The first-order valence-corrected chi connectivity index (χ1v) is 16.1. The zero-order valence-electron chi connectivity index (χ0n) is 22.4. The minimum atomic E-state index is -4.44. The number of rotatable bonds is 8. The first-order chi connectivity index (χ1) is 18.9. The van der Waals surface area contributed by atoms with Crippen LogP contribution in [-0.2, 0) is 11.0 Å². The van der Waals surface area contributed by atoms with Crippen LogP contribution < -0.4 is 20.7 Å². The largest absolute Gasteiger partial charge is 0.461 e. The molecule has 2 heterocycles. The number of halogens is 5. The third kappa shape index (κ3) is 7.48. The van der Waals surface area contributed by atoms with Crippen molar-refractivity contribution in [1.82, 2.24) is 4.90 Å². The van der Waals surface area contributed by atoms with Crippen LogP contribution in [0, 0.1) is 11.8 Å². The number of alkyl halides is 5. The number of nitrogens with one attached hydrogen (secondary N) is 2. The zero-order chi connectivity index (χ0) is 29.1. The Bertz CT molecular complexity index is 1460. The summed E-state index contributed by atoms with van der Waals surface area (Å²) in [6.45, 7) is 3.16. The molecule has 4 rings (SSSR count). The highest BCUT2D eigenvalue weighted by Crippen LogP contribution is 2.40.